The zero-order chi connectivity index (χ0) is 24.5. The first kappa shape index (κ1) is 23.9. The average Bonchev–Trinajstić information content (AvgIpc) is 2.87. The molecule has 34 heavy (non-hydrogen) atoms. The van der Waals surface area contributed by atoms with Crippen LogP contribution in [0, 0.1) is 12.7 Å². The average molecular weight is 484 g/mol. The van der Waals surface area contributed by atoms with Crippen molar-refractivity contribution in [1.29, 1.82) is 0 Å². The number of carbonyl (C=O) groups is 1. The summed E-state index contributed by atoms with van der Waals surface area (Å²) in [6.45, 7) is 3.97. The molecular weight excluding hydrogens is 457 g/mol. The number of halogens is 1. The third-order valence-electron chi connectivity index (χ3n) is 6.01. The molecule has 8 heteroatoms. The van der Waals surface area contributed by atoms with Gasteiger partial charge in [-0.1, -0.05) is 42.5 Å². The minimum absolute atomic E-state index is 0.104. The molecule has 1 heterocycles. The number of aliphatic carboxylic acids is 1. The Hall–Kier alpha value is -3.23. The monoisotopic (exact) mass is 483 g/mol. The van der Waals surface area contributed by atoms with Crippen molar-refractivity contribution in [1.82, 2.24) is 4.31 Å². The summed E-state index contributed by atoms with van der Waals surface area (Å²) in [4.78, 5) is 11.7. The summed E-state index contributed by atoms with van der Waals surface area (Å²) >= 11 is 0. The number of hydrogen-bond acceptors (Lipinski definition) is 4. The smallest absolute Gasteiger partial charge is 0.304 e. The molecule has 1 aliphatic heterocycles. The number of fused-ring (bicyclic) bond motifs is 1. The summed E-state index contributed by atoms with van der Waals surface area (Å²) in [5, 5.41) is 9.49. The summed E-state index contributed by atoms with van der Waals surface area (Å²) in [5.74, 6) is -1.69. The standard InChI is InChI=1S/C26H26FNO5S/c1-17-10-11-20(23(14-26(29)30)19-6-5-7-22(27)13-19)12-21(17)16-28-15-18(2)33-24-8-3-4-9-25(24)34(28,31)32/h3-13,18,23H,14-16H2,1-2H3,(H,29,30)/t18-,23?/m1/s1. The lowest BCUT2D eigenvalue weighted by molar-refractivity contribution is -0.137. The molecule has 1 aliphatic rings. The first-order valence-electron chi connectivity index (χ1n) is 11.0. The maximum Gasteiger partial charge on any atom is 0.304 e. The number of sulfonamides is 1. The minimum atomic E-state index is -3.81. The van der Waals surface area contributed by atoms with Gasteiger partial charge in [0.2, 0.25) is 10.0 Å². The van der Waals surface area contributed by atoms with E-state index in [1.807, 2.05) is 32.0 Å². The molecule has 3 aromatic carbocycles. The lowest BCUT2D eigenvalue weighted by atomic mass is 9.87. The van der Waals surface area contributed by atoms with E-state index in [2.05, 4.69) is 0 Å². The Labute approximate surface area is 198 Å². The predicted octanol–water partition coefficient (Wildman–Crippen LogP) is 4.71. The van der Waals surface area contributed by atoms with Gasteiger partial charge in [-0.05, 0) is 60.4 Å². The maximum atomic E-state index is 13.9. The van der Waals surface area contributed by atoms with Crippen molar-refractivity contribution in [3.05, 3.63) is 94.8 Å². The topological polar surface area (TPSA) is 83.9 Å². The highest BCUT2D eigenvalue weighted by Crippen LogP contribution is 2.34. The number of para-hydroxylation sites is 1. The van der Waals surface area contributed by atoms with Crippen LogP contribution in [0.25, 0.3) is 0 Å². The second-order valence-electron chi connectivity index (χ2n) is 8.56. The van der Waals surface area contributed by atoms with E-state index in [0.717, 1.165) is 11.1 Å². The van der Waals surface area contributed by atoms with Gasteiger partial charge in [-0.25, -0.2) is 12.8 Å². The summed E-state index contributed by atoms with van der Waals surface area (Å²) in [5.41, 5.74) is 2.86. The summed E-state index contributed by atoms with van der Waals surface area (Å²) in [6, 6.07) is 18.0. The van der Waals surface area contributed by atoms with Crippen LogP contribution in [0.4, 0.5) is 4.39 Å². The zero-order valence-electron chi connectivity index (χ0n) is 18.9. The molecule has 0 spiro atoms. The van der Waals surface area contributed by atoms with Crippen LogP contribution >= 0.6 is 0 Å². The van der Waals surface area contributed by atoms with Crippen LogP contribution in [0.2, 0.25) is 0 Å². The fourth-order valence-electron chi connectivity index (χ4n) is 4.28. The number of hydrogen-bond donors (Lipinski definition) is 1. The first-order valence-corrected chi connectivity index (χ1v) is 12.4. The van der Waals surface area contributed by atoms with Gasteiger partial charge < -0.3 is 9.84 Å². The van der Waals surface area contributed by atoms with Crippen molar-refractivity contribution in [2.24, 2.45) is 0 Å². The van der Waals surface area contributed by atoms with Gasteiger partial charge in [-0.2, -0.15) is 4.31 Å². The third kappa shape index (κ3) is 4.98. The van der Waals surface area contributed by atoms with Crippen LogP contribution in [0.1, 0.15) is 41.5 Å². The van der Waals surface area contributed by atoms with E-state index >= 15 is 0 Å². The highest BCUT2D eigenvalue weighted by Gasteiger charge is 2.33. The number of carboxylic acids is 1. The SMILES string of the molecule is Cc1ccc(C(CC(=O)O)c2cccc(F)c2)cc1CN1C[C@@H](C)Oc2ccccc2S1(=O)=O. The molecule has 0 aromatic heterocycles. The lowest BCUT2D eigenvalue weighted by Gasteiger charge is -2.24. The molecule has 0 aliphatic carbocycles. The van der Waals surface area contributed by atoms with Gasteiger partial charge >= 0.3 is 5.97 Å². The molecular formula is C26H26FNO5S. The second kappa shape index (κ2) is 9.56. The van der Waals surface area contributed by atoms with E-state index in [9.17, 15) is 22.7 Å². The minimum Gasteiger partial charge on any atom is -0.488 e. The van der Waals surface area contributed by atoms with E-state index in [4.69, 9.17) is 4.74 Å². The van der Waals surface area contributed by atoms with E-state index in [1.165, 1.54) is 22.5 Å². The van der Waals surface area contributed by atoms with Crippen molar-refractivity contribution < 1.29 is 27.4 Å². The second-order valence-corrected chi connectivity index (χ2v) is 10.5. The summed E-state index contributed by atoms with van der Waals surface area (Å²) in [7, 11) is -3.81. The Morgan fingerprint density at radius 1 is 1.12 bits per heavy atom. The Bertz CT molecular complexity index is 1320. The molecule has 0 bridgehead atoms. The third-order valence-corrected chi connectivity index (χ3v) is 7.86. The molecule has 0 amide bonds. The van der Waals surface area contributed by atoms with Crippen LogP contribution in [0.5, 0.6) is 5.75 Å². The molecule has 3 aromatic rings. The molecule has 6 nitrogen and oxygen atoms in total. The number of benzene rings is 3. The Kier molecular flexibility index (Phi) is 6.72. The maximum absolute atomic E-state index is 13.9. The van der Waals surface area contributed by atoms with Gasteiger partial charge in [0, 0.05) is 12.5 Å². The Morgan fingerprint density at radius 3 is 2.59 bits per heavy atom. The van der Waals surface area contributed by atoms with Gasteiger partial charge in [0.15, 0.2) is 0 Å². The normalized spacial score (nSPS) is 18.4. The number of aryl methyl sites for hydroxylation is 1. The molecule has 1 unspecified atom stereocenters. The molecule has 0 fully saturated rings. The van der Waals surface area contributed by atoms with Crippen LogP contribution in [-0.4, -0.2) is 36.4 Å². The van der Waals surface area contributed by atoms with Crippen LogP contribution < -0.4 is 4.74 Å². The molecule has 0 saturated heterocycles. The van der Waals surface area contributed by atoms with Crippen LogP contribution in [0.3, 0.4) is 0 Å². The van der Waals surface area contributed by atoms with E-state index < -0.39 is 27.7 Å². The summed E-state index contributed by atoms with van der Waals surface area (Å²) < 4.78 is 48.0. The highest BCUT2D eigenvalue weighted by molar-refractivity contribution is 7.89. The van der Waals surface area contributed by atoms with Gasteiger partial charge in [0.25, 0.3) is 0 Å². The van der Waals surface area contributed by atoms with Crippen LogP contribution in [-0.2, 0) is 21.4 Å². The quantitative estimate of drug-likeness (QED) is 0.549. The Morgan fingerprint density at radius 2 is 1.85 bits per heavy atom. The largest absolute Gasteiger partial charge is 0.488 e. The fourth-order valence-corrected chi connectivity index (χ4v) is 5.90. The van der Waals surface area contributed by atoms with E-state index in [0.29, 0.717) is 16.9 Å². The van der Waals surface area contributed by atoms with Gasteiger partial charge in [-0.3, -0.25) is 4.79 Å². The van der Waals surface area contributed by atoms with Crippen molar-refractivity contribution in [3.8, 4) is 5.75 Å². The summed E-state index contributed by atoms with van der Waals surface area (Å²) in [6.07, 6.45) is -0.569. The van der Waals surface area contributed by atoms with Gasteiger partial charge in [0.1, 0.15) is 22.6 Å². The lowest BCUT2D eigenvalue weighted by Crippen LogP contribution is -2.35. The number of ether oxygens (including phenoxy) is 1. The first-order chi connectivity index (χ1) is 16.1. The van der Waals surface area contributed by atoms with Crippen molar-refractivity contribution in [2.75, 3.05) is 6.54 Å². The zero-order valence-corrected chi connectivity index (χ0v) is 19.8. The van der Waals surface area contributed by atoms with Gasteiger partial charge in [0.05, 0.1) is 13.0 Å². The number of carboxylic acid groups (broad SMARTS) is 1. The van der Waals surface area contributed by atoms with Crippen LogP contribution in [0.15, 0.2) is 71.6 Å². The predicted molar refractivity (Wildman–Crippen MR) is 126 cm³/mol. The van der Waals surface area contributed by atoms with Gasteiger partial charge in [-0.15, -0.1) is 0 Å². The van der Waals surface area contributed by atoms with Crippen molar-refractivity contribution in [2.45, 2.75) is 43.7 Å². The molecule has 0 radical (unpaired) electrons. The Balaban J connectivity index is 1.72. The molecule has 4 rings (SSSR count). The molecule has 1 N–H and O–H groups in total. The number of nitrogens with zero attached hydrogens (tertiary/aromatic N) is 1. The number of rotatable bonds is 6. The molecule has 178 valence electrons. The van der Waals surface area contributed by atoms with E-state index in [1.54, 1.807) is 30.3 Å². The molecule has 0 saturated carbocycles. The van der Waals surface area contributed by atoms with E-state index in [-0.39, 0.29) is 30.5 Å². The van der Waals surface area contributed by atoms with Crippen molar-refractivity contribution >= 4 is 16.0 Å². The highest BCUT2D eigenvalue weighted by atomic mass is 32.2. The fraction of sp³-hybridized carbons (Fsp3) is 0.269. The molecule has 2 atom stereocenters. The van der Waals surface area contributed by atoms with Crippen molar-refractivity contribution in [3.63, 3.8) is 0 Å².